The van der Waals surface area contributed by atoms with Crippen molar-refractivity contribution >= 4 is 11.6 Å². The number of nitrogens with zero attached hydrogens (tertiary/aromatic N) is 2. The van der Waals surface area contributed by atoms with E-state index in [2.05, 4.69) is 0 Å². The normalized spacial score (nSPS) is 16.2. The van der Waals surface area contributed by atoms with Crippen LogP contribution in [0.25, 0.3) is 0 Å². The number of halogens is 1. The third-order valence-electron chi connectivity index (χ3n) is 4.20. The van der Waals surface area contributed by atoms with Crippen LogP contribution in [0.2, 0.25) is 5.02 Å². The molecule has 25 heavy (non-hydrogen) atoms. The molecular weight excluding hydrogens is 342 g/mol. The van der Waals surface area contributed by atoms with Crippen molar-refractivity contribution in [3.8, 4) is 11.8 Å². The molecule has 0 fully saturated rings. The predicted octanol–water partition coefficient (Wildman–Crippen LogP) is 2.02. The Labute approximate surface area is 149 Å². The van der Waals surface area contributed by atoms with E-state index in [0.29, 0.717) is 27.6 Å². The zero-order valence-electron chi connectivity index (χ0n) is 13.5. The van der Waals surface area contributed by atoms with Crippen molar-refractivity contribution in [2.75, 3.05) is 6.61 Å². The van der Waals surface area contributed by atoms with Crippen molar-refractivity contribution in [1.82, 2.24) is 4.57 Å². The lowest BCUT2D eigenvalue weighted by atomic mass is 9.84. The fourth-order valence-electron chi connectivity index (χ4n) is 3.08. The first-order valence-corrected chi connectivity index (χ1v) is 8.04. The van der Waals surface area contributed by atoms with E-state index in [0.717, 1.165) is 0 Å². The van der Waals surface area contributed by atoms with E-state index in [1.54, 1.807) is 37.3 Å². The number of hydrogen-bond donors (Lipinski definition) is 2. The number of aryl methyl sites for hydroxylation is 1. The molecule has 0 saturated carbocycles. The maximum absolute atomic E-state index is 13.0. The van der Waals surface area contributed by atoms with Crippen molar-refractivity contribution < 1.29 is 9.84 Å². The Morgan fingerprint density at radius 3 is 2.84 bits per heavy atom. The van der Waals surface area contributed by atoms with Crippen LogP contribution in [0.15, 0.2) is 46.6 Å². The van der Waals surface area contributed by atoms with Gasteiger partial charge in [-0.25, -0.2) is 0 Å². The molecule has 1 atom stereocenters. The van der Waals surface area contributed by atoms with Crippen LogP contribution >= 0.6 is 11.6 Å². The topological polar surface area (TPSA) is 101 Å². The summed E-state index contributed by atoms with van der Waals surface area (Å²) in [5.74, 6) is -0.387. The Morgan fingerprint density at radius 1 is 1.44 bits per heavy atom. The van der Waals surface area contributed by atoms with Gasteiger partial charge in [0.15, 0.2) is 0 Å². The summed E-state index contributed by atoms with van der Waals surface area (Å²) in [6.07, 6.45) is 0. The van der Waals surface area contributed by atoms with Crippen LogP contribution in [0, 0.1) is 18.3 Å². The molecule has 0 saturated heterocycles. The molecule has 0 spiro atoms. The second-order valence-corrected chi connectivity index (χ2v) is 6.16. The molecule has 1 aliphatic rings. The molecule has 3 rings (SSSR count). The number of nitriles is 1. The Morgan fingerprint density at radius 2 is 2.20 bits per heavy atom. The van der Waals surface area contributed by atoms with Crippen LogP contribution < -0.4 is 16.0 Å². The lowest BCUT2D eigenvalue weighted by Gasteiger charge is -2.27. The summed E-state index contributed by atoms with van der Waals surface area (Å²) in [6.45, 7) is 1.72. The van der Waals surface area contributed by atoms with E-state index in [1.807, 2.05) is 6.07 Å². The number of fused-ring (bicyclic) bond motifs is 1. The second-order valence-electron chi connectivity index (χ2n) is 5.72. The SMILES string of the molecule is Cc1cc2c(c(=O)n1CCO)C(c1cccc(Cl)c1)C(C#N)=C(N)O2. The fraction of sp³-hybridized carbons (Fsp3) is 0.222. The van der Waals surface area contributed by atoms with Gasteiger partial charge in [0.25, 0.3) is 5.56 Å². The van der Waals surface area contributed by atoms with E-state index >= 15 is 0 Å². The highest BCUT2D eigenvalue weighted by atomic mass is 35.5. The molecule has 7 heteroatoms. The zero-order chi connectivity index (χ0) is 18.1. The average molecular weight is 358 g/mol. The molecule has 128 valence electrons. The predicted molar refractivity (Wildman–Crippen MR) is 93.3 cm³/mol. The first-order valence-electron chi connectivity index (χ1n) is 7.66. The van der Waals surface area contributed by atoms with Gasteiger partial charge in [0, 0.05) is 23.3 Å². The average Bonchev–Trinajstić information content (AvgIpc) is 2.57. The van der Waals surface area contributed by atoms with Crippen molar-refractivity contribution in [1.29, 1.82) is 5.26 Å². The van der Waals surface area contributed by atoms with Crippen LogP contribution in [-0.2, 0) is 6.54 Å². The molecule has 0 aliphatic carbocycles. The number of aliphatic hydroxyl groups excluding tert-OH is 1. The highest BCUT2D eigenvalue weighted by Crippen LogP contribution is 2.40. The lowest BCUT2D eigenvalue weighted by Crippen LogP contribution is -2.33. The van der Waals surface area contributed by atoms with Gasteiger partial charge in [-0.1, -0.05) is 23.7 Å². The number of pyridine rings is 1. The largest absolute Gasteiger partial charge is 0.440 e. The van der Waals surface area contributed by atoms with E-state index < -0.39 is 5.92 Å². The smallest absolute Gasteiger partial charge is 0.258 e. The molecule has 3 N–H and O–H groups in total. The monoisotopic (exact) mass is 357 g/mol. The number of allylic oxidation sites excluding steroid dienone is 1. The van der Waals surface area contributed by atoms with Gasteiger partial charge in [0.1, 0.15) is 17.4 Å². The van der Waals surface area contributed by atoms with Gasteiger partial charge in [-0.3, -0.25) is 4.79 Å². The van der Waals surface area contributed by atoms with Gasteiger partial charge in [-0.2, -0.15) is 5.26 Å². The number of hydrogen-bond acceptors (Lipinski definition) is 5. The number of benzene rings is 1. The molecule has 2 heterocycles. The van der Waals surface area contributed by atoms with Crippen LogP contribution in [0.1, 0.15) is 22.7 Å². The Kier molecular flexibility index (Phi) is 4.53. The lowest BCUT2D eigenvalue weighted by molar-refractivity contribution is 0.272. The minimum atomic E-state index is -0.675. The van der Waals surface area contributed by atoms with E-state index in [1.165, 1.54) is 4.57 Å². The Bertz CT molecular complexity index is 973. The van der Waals surface area contributed by atoms with Crippen molar-refractivity contribution in [3.05, 3.63) is 74.0 Å². The van der Waals surface area contributed by atoms with Gasteiger partial charge in [-0.15, -0.1) is 0 Å². The standard InChI is InChI=1S/C18H16ClN3O3/c1-10-7-14-16(18(24)22(10)5-6-23)15(13(9-20)17(21)25-14)11-3-2-4-12(19)8-11/h2-4,7-8,15,23H,5-6,21H2,1H3. The molecule has 6 nitrogen and oxygen atoms in total. The van der Waals surface area contributed by atoms with Crippen molar-refractivity contribution in [2.24, 2.45) is 5.73 Å². The third kappa shape index (κ3) is 2.88. The minimum absolute atomic E-state index is 0.0290. The van der Waals surface area contributed by atoms with Gasteiger partial charge in [0.2, 0.25) is 5.88 Å². The van der Waals surface area contributed by atoms with Gasteiger partial charge in [-0.05, 0) is 24.6 Å². The highest BCUT2D eigenvalue weighted by Gasteiger charge is 2.34. The molecule has 1 aromatic carbocycles. The Hall–Kier alpha value is -2.75. The van der Waals surface area contributed by atoms with Crippen molar-refractivity contribution in [3.63, 3.8) is 0 Å². The molecule has 1 aliphatic heterocycles. The fourth-order valence-corrected chi connectivity index (χ4v) is 3.28. The van der Waals surface area contributed by atoms with Gasteiger partial charge in [0.05, 0.1) is 18.1 Å². The third-order valence-corrected chi connectivity index (χ3v) is 4.43. The first-order chi connectivity index (χ1) is 12.0. The maximum Gasteiger partial charge on any atom is 0.258 e. The number of ether oxygens (including phenoxy) is 1. The summed E-state index contributed by atoms with van der Waals surface area (Å²) in [5.41, 5.74) is 7.38. The molecule has 0 bridgehead atoms. The van der Waals surface area contributed by atoms with E-state index in [-0.39, 0.29) is 30.2 Å². The molecule has 1 unspecified atom stereocenters. The first kappa shape index (κ1) is 17.1. The molecule has 1 aromatic heterocycles. The zero-order valence-corrected chi connectivity index (χ0v) is 14.2. The maximum atomic E-state index is 13.0. The van der Waals surface area contributed by atoms with Gasteiger partial charge >= 0.3 is 0 Å². The quantitative estimate of drug-likeness (QED) is 0.875. The van der Waals surface area contributed by atoms with E-state index in [4.69, 9.17) is 22.1 Å². The van der Waals surface area contributed by atoms with E-state index in [9.17, 15) is 15.2 Å². The second kappa shape index (κ2) is 6.63. The van der Waals surface area contributed by atoms with Crippen molar-refractivity contribution in [2.45, 2.75) is 19.4 Å². The number of aromatic nitrogens is 1. The number of nitrogens with two attached hydrogens (primary N) is 1. The molecule has 0 radical (unpaired) electrons. The molecular formula is C18H16ClN3O3. The summed E-state index contributed by atoms with van der Waals surface area (Å²) < 4.78 is 6.99. The number of rotatable bonds is 3. The Balaban J connectivity index is 2.33. The number of aliphatic hydroxyl groups is 1. The summed E-state index contributed by atoms with van der Waals surface area (Å²) >= 11 is 6.09. The molecule has 2 aromatic rings. The summed E-state index contributed by atoms with van der Waals surface area (Å²) in [4.78, 5) is 13.0. The summed E-state index contributed by atoms with van der Waals surface area (Å²) in [7, 11) is 0. The minimum Gasteiger partial charge on any atom is -0.440 e. The van der Waals surface area contributed by atoms with Crippen LogP contribution in [-0.4, -0.2) is 16.3 Å². The van der Waals surface area contributed by atoms with Crippen LogP contribution in [0.5, 0.6) is 5.75 Å². The highest BCUT2D eigenvalue weighted by molar-refractivity contribution is 6.30. The van der Waals surface area contributed by atoms with Crippen LogP contribution in [0.3, 0.4) is 0 Å². The molecule has 0 amide bonds. The summed E-state index contributed by atoms with van der Waals surface area (Å²) in [5, 5.41) is 19.3. The van der Waals surface area contributed by atoms with Crippen LogP contribution in [0.4, 0.5) is 0 Å². The van der Waals surface area contributed by atoms with Gasteiger partial charge < -0.3 is 20.1 Å². The summed E-state index contributed by atoms with van der Waals surface area (Å²) in [6, 6.07) is 10.7.